The molecule has 0 spiro atoms. The minimum Gasteiger partial charge on any atom is -0.337 e. The predicted molar refractivity (Wildman–Crippen MR) is 108 cm³/mol. The molecule has 0 aliphatic carbocycles. The first-order valence-electron chi connectivity index (χ1n) is 9.65. The summed E-state index contributed by atoms with van der Waals surface area (Å²) in [5, 5.41) is 13.2. The highest BCUT2D eigenvalue weighted by molar-refractivity contribution is 5.99. The zero-order valence-corrected chi connectivity index (χ0v) is 17.1. The Morgan fingerprint density at radius 2 is 1.90 bits per heavy atom. The number of aromatic nitrogens is 7. The van der Waals surface area contributed by atoms with Crippen LogP contribution in [0, 0.1) is 6.92 Å². The Morgan fingerprint density at radius 1 is 1.10 bits per heavy atom. The molecule has 0 fully saturated rings. The van der Waals surface area contributed by atoms with Crippen molar-refractivity contribution in [3.8, 4) is 11.3 Å². The minimum absolute atomic E-state index is 0.130. The number of fused-ring (bicyclic) bond motifs is 1. The van der Waals surface area contributed by atoms with Crippen molar-refractivity contribution in [2.45, 2.75) is 40.4 Å². The van der Waals surface area contributed by atoms with Crippen molar-refractivity contribution >= 4 is 11.6 Å². The molecule has 4 rings (SSSR count). The molecule has 0 unspecified atom stereocenters. The van der Waals surface area contributed by atoms with Gasteiger partial charge in [-0.1, -0.05) is 0 Å². The number of amides is 1. The SMILES string of the molecule is CCn1cc(CN(C)C(=O)c2cnn3c(-c4cn(CC)nc4C)ccnc23)cn1. The lowest BCUT2D eigenvalue weighted by molar-refractivity contribution is 0.0786. The van der Waals surface area contributed by atoms with Gasteiger partial charge in [-0.05, 0) is 26.8 Å². The van der Waals surface area contributed by atoms with Crippen LogP contribution < -0.4 is 0 Å². The molecule has 9 nitrogen and oxygen atoms in total. The molecule has 4 heterocycles. The van der Waals surface area contributed by atoms with Gasteiger partial charge in [0.25, 0.3) is 5.91 Å². The molecule has 0 aromatic carbocycles. The molecule has 0 bridgehead atoms. The standard InChI is InChI=1S/C20H24N8O/c1-5-26-12-15(9-22-26)11-25(4)20(29)16-10-23-28-18(7-8-21-19(16)28)17-13-27(6-2)24-14(17)3/h7-10,12-13H,5-6,11H2,1-4H3. The fourth-order valence-corrected chi connectivity index (χ4v) is 3.39. The molecule has 0 radical (unpaired) electrons. The highest BCUT2D eigenvalue weighted by Gasteiger charge is 2.21. The van der Waals surface area contributed by atoms with Gasteiger partial charge in [0.2, 0.25) is 0 Å². The van der Waals surface area contributed by atoms with Crippen LogP contribution in [0.3, 0.4) is 0 Å². The summed E-state index contributed by atoms with van der Waals surface area (Å²) < 4.78 is 5.44. The van der Waals surface area contributed by atoms with E-state index < -0.39 is 0 Å². The van der Waals surface area contributed by atoms with E-state index >= 15 is 0 Å². The summed E-state index contributed by atoms with van der Waals surface area (Å²) in [5.41, 5.74) is 4.73. The van der Waals surface area contributed by atoms with Crippen LogP contribution in [-0.2, 0) is 19.6 Å². The van der Waals surface area contributed by atoms with Crippen LogP contribution >= 0.6 is 0 Å². The van der Waals surface area contributed by atoms with Crippen molar-refractivity contribution in [2.75, 3.05) is 7.05 Å². The number of aryl methyl sites for hydroxylation is 3. The van der Waals surface area contributed by atoms with E-state index in [4.69, 9.17) is 0 Å². The molecule has 0 aliphatic heterocycles. The van der Waals surface area contributed by atoms with Crippen LogP contribution in [0.4, 0.5) is 0 Å². The molecule has 0 saturated heterocycles. The van der Waals surface area contributed by atoms with Gasteiger partial charge in [-0.15, -0.1) is 0 Å². The second-order valence-electron chi connectivity index (χ2n) is 6.97. The number of nitrogens with zero attached hydrogens (tertiary/aromatic N) is 8. The van der Waals surface area contributed by atoms with Crippen LogP contribution in [0.25, 0.3) is 16.9 Å². The summed E-state index contributed by atoms with van der Waals surface area (Å²) in [6.45, 7) is 8.10. The Labute approximate surface area is 168 Å². The van der Waals surface area contributed by atoms with Gasteiger partial charge in [0.1, 0.15) is 5.56 Å². The van der Waals surface area contributed by atoms with Gasteiger partial charge < -0.3 is 4.90 Å². The molecule has 4 aromatic rings. The van der Waals surface area contributed by atoms with E-state index in [-0.39, 0.29) is 5.91 Å². The molecule has 29 heavy (non-hydrogen) atoms. The lowest BCUT2D eigenvalue weighted by Gasteiger charge is -2.15. The van der Waals surface area contributed by atoms with Gasteiger partial charge in [-0.3, -0.25) is 14.2 Å². The first-order chi connectivity index (χ1) is 14.0. The number of carbonyl (C=O) groups excluding carboxylic acids is 1. The maximum atomic E-state index is 13.1. The second-order valence-corrected chi connectivity index (χ2v) is 6.97. The van der Waals surface area contributed by atoms with E-state index in [2.05, 4.69) is 20.3 Å². The summed E-state index contributed by atoms with van der Waals surface area (Å²) in [4.78, 5) is 19.1. The molecule has 1 amide bonds. The molecule has 0 saturated carbocycles. The summed E-state index contributed by atoms with van der Waals surface area (Å²) in [6.07, 6.45) is 9.01. The third kappa shape index (κ3) is 3.39. The lowest BCUT2D eigenvalue weighted by atomic mass is 10.2. The summed E-state index contributed by atoms with van der Waals surface area (Å²) in [5.74, 6) is -0.130. The maximum absolute atomic E-state index is 13.1. The van der Waals surface area contributed by atoms with Crippen LogP contribution in [0.2, 0.25) is 0 Å². The highest BCUT2D eigenvalue weighted by Crippen LogP contribution is 2.24. The number of hydrogen-bond acceptors (Lipinski definition) is 5. The second kappa shape index (κ2) is 7.50. The average molecular weight is 392 g/mol. The van der Waals surface area contributed by atoms with E-state index in [9.17, 15) is 4.79 Å². The molecule has 150 valence electrons. The zero-order chi connectivity index (χ0) is 20.5. The van der Waals surface area contributed by atoms with E-state index in [0.29, 0.717) is 17.8 Å². The topological polar surface area (TPSA) is 86.1 Å². The first-order valence-corrected chi connectivity index (χ1v) is 9.65. The van der Waals surface area contributed by atoms with E-state index in [1.165, 1.54) is 0 Å². The number of hydrogen-bond donors (Lipinski definition) is 0. The van der Waals surface area contributed by atoms with Gasteiger partial charge in [0.15, 0.2) is 5.65 Å². The van der Waals surface area contributed by atoms with Crippen LogP contribution in [0.5, 0.6) is 0 Å². The molecular formula is C20H24N8O. The Morgan fingerprint density at radius 3 is 2.59 bits per heavy atom. The van der Waals surface area contributed by atoms with Gasteiger partial charge >= 0.3 is 0 Å². The van der Waals surface area contributed by atoms with E-state index in [1.807, 2.05) is 48.6 Å². The third-order valence-corrected chi connectivity index (χ3v) is 4.96. The zero-order valence-electron chi connectivity index (χ0n) is 17.1. The van der Waals surface area contributed by atoms with Gasteiger partial charge in [0, 0.05) is 56.4 Å². The molecule has 0 atom stereocenters. The Kier molecular flexibility index (Phi) is 4.87. The Bertz CT molecular complexity index is 1170. The van der Waals surface area contributed by atoms with Crippen molar-refractivity contribution in [1.82, 2.24) is 39.1 Å². The first kappa shape index (κ1) is 18.9. The summed E-state index contributed by atoms with van der Waals surface area (Å²) >= 11 is 0. The van der Waals surface area contributed by atoms with Gasteiger partial charge in [-0.2, -0.15) is 15.3 Å². The quantitative estimate of drug-likeness (QED) is 0.503. The molecule has 4 aromatic heterocycles. The van der Waals surface area contributed by atoms with Crippen LogP contribution in [-0.4, -0.2) is 52.0 Å². The lowest BCUT2D eigenvalue weighted by Crippen LogP contribution is -2.26. The smallest absolute Gasteiger partial charge is 0.259 e. The predicted octanol–water partition coefficient (Wildman–Crippen LogP) is 2.41. The van der Waals surface area contributed by atoms with Crippen molar-refractivity contribution in [3.63, 3.8) is 0 Å². The van der Waals surface area contributed by atoms with Crippen LogP contribution in [0.15, 0.2) is 37.1 Å². The van der Waals surface area contributed by atoms with Crippen molar-refractivity contribution in [2.24, 2.45) is 0 Å². The molecule has 0 N–H and O–H groups in total. The molecular weight excluding hydrogens is 368 g/mol. The number of rotatable bonds is 6. The average Bonchev–Trinajstić information content (AvgIpc) is 3.45. The Balaban J connectivity index is 1.66. The fraction of sp³-hybridized carbons (Fsp3) is 0.350. The van der Waals surface area contributed by atoms with Crippen molar-refractivity contribution in [1.29, 1.82) is 0 Å². The maximum Gasteiger partial charge on any atom is 0.259 e. The summed E-state index contributed by atoms with van der Waals surface area (Å²) in [6, 6.07) is 1.89. The monoisotopic (exact) mass is 392 g/mol. The van der Waals surface area contributed by atoms with Crippen LogP contribution in [0.1, 0.15) is 35.5 Å². The van der Waals surface area contributed by atoms with E-state index in [1.54, 1.807) is 35.1 Å². The fourth-order valence-electron chi connectivity index (χ4n) is 3.39. The normalized spacial score (nSPS) is 11.3. The third-order valence-electron chi connectivity index (χ3n) is 4.96. The van der Waals surface area contributed by atoms with Gasteiger partial charge in [-0.25, -0.2) is 9.50 Å². The van der Waals surface area contributed by atoms with E-state index in [0.717, 1.165) is 35.6 Å². The van der Waals surface area contributed by atoms with Gasteiger partial charge in [0.05, 0.1) is 23.8 Å². The van der Waals surface area contributed by atoms with Crippen molar-refractivity contribution in [3.05, 3.63) is 53.9 Å². The molecule has 9 heteroatoms. The largest absolute Gasteiger partial charge is 0.337 e. The number of carbonyl (C=O) groups is 1. The highest BCUT2D eigenvalue weighted by atomic mass is 16.2. The summed E-state index contributed by atoms with van der Waals surface area (Å²) in [7, 11) is 1.77. The van der Waals surface area contributed by atoms with Crippen molar-refractivity contribution < 1.29 is 4.79 Å². The Hall–Kier alpha value is -3.49. The minimum atomic E-state index is -0.130. The molecule has 0 aliphatic rings.